The molecule has 1 heterocycles. The first-order valence-corrected chi connectivity index (χ1v) is 8.23. The van der Waals surface area contributed by atoms with Crippen molar-refractivity contribution in [1.29, 1.82) is 0 Å². The van der Waals surface area contributed by atoms with Gasteiger partial charge in [0.1, 0.15) is 0 Å². The summed E-state index contributed by atoms with van der Waals surface area (Å²) in [5, 5.41) is 0. The number of hydrogen-bond donors (Lipinski definition) is 1. The van der Waals surface area contributed by atoms with Gasteiger partial charge in [-0.15, -0.1) is 0 Å². The van der Waals surface area contributed by atoms with Gasteiger partial charge >= 0.3 is 0 Å². The third kappa shape index (κ3) is 4.06. The van der Waals surface area contributed by atoms with Gasteiger partial charge in [0, 0.05) is 25.2 Å². The van der Waals surface area contributed by atoms with Crippen molar-refractivity contribution in [3.8, 4) is 0 Å². The predicted octanol–water partition coefficient (Wildman–Crippen LogP) is 2.84. The van der Waals surface area contributed by atoms with Crippen LogP contribution in [0, 0.1) is 0 Å². The van der Waals surface area contributed by atoms with E-state index in [4.69, 9.17) is 5.73 Å². The maximum absolute atomic E-state index is 6.12. The van der Waals surface area contributed by atoms with Crippen molar-refractivity contribution in [3.05, 3.63) is 35.4 Å². The van der Waals surface area contributed by atoms with Crippen LogP contribution in [-0.2, 0) is 0 Å². The zero-order valence-electron chi connectivity index (χ0n) is 14.0. The fourth-order valence-corrected chi connectivity index (χ4v) is 3.45. The highest BCUT2D eigenvalue weighted by Gasteiger charge is 2.31. The Kier molecular flexibility index (Phi) is 5.80. The highest BCUT2D eigenvalue weighted by molar-refractivity contribution is 5.27. The molecule has 1 aromatic carbocycles. The van der Waals surface area contributed by atoms with E-state index < -0.39 is 0 Å². The molecular formula is C18H31N3. The Balaban J connectivity index is 2.14. The lowest BCUT2D eigenvalue weighted by atomic mass is 9.98. The van der Waals surface area contributed by atoms with Crippen molar-refractivity contribution in [2.45, 2.75) is 44.7 Å². The van der Waals surface area contributed by atoms with Crippen LogP contribution in [-0.4, -0.2) is 49.6 Å². The summed E-state index contributed by atoms with van der Waals surface area (Å²) in [5.41, 5.74) is 8.89. The van der Waals surface area contributed by atoms with Crippen LogP contribution in [0.15, 0.2) is 24.3 Å². The summed E-state index contributed by atoms with van der Waals surface area (Å²) >= 11 is 0. The molecule has 1 fully saturated rings. The standard InChI is InChI=1S/C18H31N3/c1-14(2)15-7-9-16(10-8-15)18(12-19)21-11-5-6-17(21)13-20(3)4/h7-10,14,17-18H,5-6,11-13,19H2,1-4H3. The SMILES string of the molecule is CC(C)c1ccc(C(CN)N2CCCC2CN(C)C)cc1. The van der Waals surface area contributed by atoms with Crippen LogP contribution in [0.25, 0.3) is 0 Å². The minimum atomic E-state index is 0.360. The zero-order valence-corrected chi connectivity index (χ0v) is 14.0. The molecule has 1 aromatic rings. The quantitative estimate of drug-likeness (QED) is 0.874. The molecule has 1 saturated heterocycles. The van der Waals surface area contributed by atoms with E-state index in [2.05, 4.69) is 62.0 Å². The van der Waals surface area contributed by atoms with Crippen LogP contribution in [0.1, 0.15) is 49.8 Å². The molecule has 0 saturated carbocycles. The molecule has 2 atom stereocenters. The van der Waals surface area contributed by atoms with Crippen LogP contribution in [0.3, 0.4) is 0 Å². The second-order valence-corrected chi connectivity index (χ2v) is 6.87. The largest absolute Gasteiger partial charge is 0.329 e. The molecule has 2 unspecified atom stereocenters. The number of likely N-dealkylation sites (N-methyl/N-ethyl adjacent to an activating group) is 1. The van der Waals surface area contributed by atoms with E-state index in [1.807, 2.05) is 0 Å². The lowest BCUT2D eigenvalue weighted by molar-refractivity contribution is 0.156. The van der Waals surface area contributed by atoms with Crippen molar-refractivity contribution in [3.63, 3.8) is 0 Å². The van der Waals surface area contributed by atoms with Gasteiger partial charge in [-0.05, 0) is 50.5 Å². The molecule has 1 aliphatic rings. The number of nitrogens with two attached hydrogens (primary N) is 1. The predicted molar refractivity (Wildman–Crippen MR) is 90.6 cm³/mol. The molecule has 1 aliphatic heterocycles. The Morgan fingerprint density at radius 1 is 1.19 bits per heavy atom. The van der Waals surface area contributed by atoms with E-state index in [-0.39, 0.29) is 0 Å². The smallest absolute Gasteiger partial charge is 0.0473 e. The van der Waals surface area contributed by atoms with Crippen molar-refractivity contribution < 1.29 is 0 Å². The third-order valence-electron chi connectivity index (χ3n) is 4.61. The maximum Gasteiger partial charge on any atom is 0.0473 e. The van der Waals surface area contributed by atoms with Gasteiger partial charge in [0.05, 0.1) is 0 Å². The summed E-state index contributed by atoms with van der Waals surface area (Å²) in [6.07, 6.45) is 2.58. The average Bonchev–Trinajstić information content (AvgIpc) is 2.87. The highest BCUT2D eigenvalue weighted by atomic mass is 15.2. The average molecular weight is 289 g/mol. The Labute approximate surface area is 130 Å². The second-order valence-electron chi connectivity index (χ2n) is 6.87. The Morgan fingerprint density at radius 2 is 1.81 bits per heavy atom. The van der Waals surface area contributed by atoms with Crippen LogP contribution in [0.5, 0.6) is 0 Å². The van der Waals surface area contributed by atoms with Gasteiger partial charge in [-0.1, -0.05) is 38.1 Å². The summed E-state index contributed by atoms with van der Waals surface area (Å²) in [5.74, 6) is 0.587. The van der Waals surface area contributed by atoms with Crippen molar-refractivity contribution >= 4 is 0 Å². The maximum atomic E-state index is 6.12. The second kappa shape index (κ2) is 7.39. The van der Waals surface area contributed by atoms with Gasteiger partial charge in [-0.25, -0.2) is 0 Å². The lowest BCUT2D eigenvalue weighted by Crippen LogP contribution is -2.42. The molecule has 0 aliphatic carbocycles. The molecule has 2 N–H and O–H groups in total. The van der Waals surface area contributed by atoms with Gasteiger partial charge in [-0.2, -0.15) is 0 Å². The van der Waals surface area contributed by atoms with E-state index in [1.165, 1.54) is 30.5 Å². The van der Waals surface area contributed by atoms with Crippen LogP contribution >= 0.6 is 0 Å². The van der Waals surface area contributed by atoms with Crippen LogP contribution in [0.2, 0.25) is 0 Å². The zero-order chi connectivity index (χ0) is 15.4. The molecule has 0 spiro atoms. The van der Waals surface area contributed by atoms with Crippen molar-refractivity contribution in [1.82, 2.24) is 9.80 Å². The molecule has 3 heteroatoms. The van der Waals surface area contributed by atoms with Gasteiger partial charge in [0.2, 0.25) is 0 Å². The number of nitrogens with zero attached hydrogens (tertiary/aromatic N) is 2. The fourth-order valence-electron chi connectivity index (χ4n) is 3.45. The lowest BCUT2D eigenvalue weighted by Gasteiger charge is -2.34. The van der Waals surface area contributed by atoms with E-state index in [0.717, 1.165) is 6.54 Å². The highest BCUT2D eigenvalue weighted by Crippen LogP contribution is 2.30. The van der Waals surface area contributed by atoms with Gasteiger partial charge in [0.15, 0.2) is 0 Å². The molecule has 0 aromatic heterocycles. The summed E-state index contributed by atoms with van der Waals surface area (Å²) in [6, 6.07) is 10.1. The van der Waals surface area contributed by atoms with E-state index in [0.29, 0.717) is 24.5 Å². The molecule has 0 bridgehead atoms. The number of hydrogen-bond acceptors (Lipinski definition) is 3. The van der Waals surface area contributed by atoms with Crippen LogP contribution < -0.4 is 5.73 Å². The first kappa shape index (κ1) is 16.5. The van der Waals surface area contributed by atoms with Crippen molar-refractivity contribution in [2.75, 3.05) is 33.7 Å². The van der Waals surface area contributed by atoms with Gasteiger partial charge < -0.3 is 10.6 Å². The number of benzene rings is 1. The topological polar surface area (TPSA) is 32.5 Å². The summed E-state index contributed by atoms with van der Waals surface area (Å²) < 4.78 is 0. The van der Waals surface area contributed by atoms with E-state index in [9.17, 15) is 0 Å². The summed E-state index contributed by atoms with van der Waals surface area (Å²) in [4.78, 5) is 4.91. The molecular weight excluding hydrogens is 258 g/mol. The Morgan fingerprint density at radius 3 is 2.33 bits per heavy atom. The van der Waals surface area contributed by atoms with Crippen molar-refractivity contribution in [2.24, 2.45) is 5.73 Å². The summed E-state index contributed by atoms with van der Waals surface area (Å²) in [7, 11) is 4.32. The Hall–Kier alpha value is -0.900. The molecule has 21 heavy (non-hydrogen) atoms. The summed E-state index contributed by atoms with van der Waals surface area (Å²) in [6.45, 7) is 7.48. The molecule has 118 valence electrons. The van der Waals surface area contributed by atoms with E-state index >= 15 is 0 Å². The fraction of sp³-hybridized carbons (Fsp3) is 0.667. The van der Waals surface area contributed by atoms with Gasteiger partial charge in [-0.3, -0.25) is 4.90 Å². The normalized spacial score (nSPS) is 21.4. The molecule has 0 amide bonds. The molecule has 2 rings (SSSR count). The van der Waals surface area contributed by atoms with E-state index in [1.54, 1.807) is 0 Å². The molecule has 3 nitrogen and oxygen atoms in total. The van der Waals surface area contributed by atoms with Crippen LogP contribution in [0.4, 0.5) is 0 Å². The first-order chi connectivity index (χ1) is 10.0. The molecule has 0 radical (unpaired) electrons. The minimum Gasteiger partial charge on any atom is -0.329 e. The monoisotopic (exact) mass is 289 g/mol. The third-order valence-corrected chi connectivity index (χ3v) is 4.61. The number of rotatable bonds is 6. The first-order valence-electron chi connectivity index (χ1n) is 8.23. The van der Waals surface area contributed by atoms with Gasteiger partial charge in [0.25, 0.3) is 0 Å². The minimum absolute atomic E-state index is 0.360. The number of likely N-dealkylation sites (tertiary alicyclic amines) is 1. The Bertz CT molecular complexity index is 425.